The molecule has 0 radical (unpaired) electrons. The Bertz CT molecular complexity index is 900. The van der Waals surface area contributed by atoms with Gasteiger partial charge in [-0.25, -0.2) is 15.0 Å². The van der Waals surface area contributed by atoms with Crippen molar-refractivity contribution in [3.63, 3.8) is 0 Å². The molecule has 0 bridgehead atoms. The summed E-state index contributed by atoms with van der Waals surface area (Å²) in [6.45, 7) is 1.70. The molecule has 2 atom stereocenters. The van der Waals surface area contributed by atoms with Crippen LogP contribution in [-0.2, 0) is 13.0 Å². The van der Waals surface area contributed by atoms with Crippen molar-refractivity contribution in [3.8, 4) is 5.88 Å². The molecule has 1 aliphatic carbocycles. The first-order chi connectivity index (χ1) is 14.8. The molecular formula is C24H29N5O. The number of amidine groups is 1. The normalized spacial score (nSPS) is 23.0. The van der Waals surface area contributed by atoms with Gasteiger partial charge < -0.3 is 15.4 Å². The molecule has 2 N–H and O–H groups in total. The van der Waals surface area contributed by atoms with E-state index in [1.807, 2.05) is 24.7 Å². The van der Waals surface area contributed by atoms with Crippen molar-refractivity contribution in [1.82, 2.24) is 15.3 Å². The number of nitrogens with one attached hydrogen (secondary N) is 2. The van der Waals surface area contributed by atoms with Crippen LogP contribution >= 0.6 is 0 Å². The van der Waals surface area contributed by atoms with Gasteiger partial charge in [0, 0.05) is 43.7 Å². The molecule has 0 amide bonds. The molecule has 5 rings (SSSR count). The van der Waals surface area contributed by atoms with Crippen LogP contribution in [-0.4, -0.2) is 28.5 Å². The third-order valence-electron chi connectivity index (χ3n) is 6.36. The van der Waals surface area contributed by atoms with E-state index in [2.05, 4.69) is 49.9 Å². The minimum absolute atomic E-state index is 0.345. The van der Waals surface area contributed by atoms with E-state index < -0.39 is 0 Å². The first kappa shape index (κ1) is 19.1. The molecule has 156 valence electrons. The van der Waals surface area contributed by atoms with Crippen molar-refractivity contribution in [2.45, 2.75) is 51.2 Å². The number of fused-ring (bicyclic) bond motifs is 1. The fraction of sp³-hybridized carbons (Fsp3) is 0.458. The first-order valence-electron chi connectivity index (χ1n) is 11.1. The number of pyridine rings is 2. The lowest BCUT2D eigenvalue weighted by molar-refractivity contribution is 0.201. The second kappa shape index (κ2) is 8.86. The van der Waals surface area contributed by atoms with Crippen LogP contribution in [0.15, 0.2) is 53.9 Å². The Labute approximate surface area is 177 Å². The highest BCUT2D eigenvalue weighted by molar-refractivity contribution is 5.88. The average molecular weight is 404 g/mol. The summed E-state index contributed by atoms with van der Waals surface area (Å²) in [6, 6.07) is 8.29. The van der Waals surface area contributed by atoms with Gasteiger partial charge in [-0.05, 0) is 61.6 Å². The molecule has 1 saturated carbocycles. The lowest BCUT2D eigenvalue weighted by atomic mass is 9.86. The maximum absolute atomic E-state index is 5.93. The molecule has 4 heterocycles. The molecule has 2 fully saturated rings. The van der Waals surface area contributed by atoms with E-state index in [4.69, 9.17) is 4.74 Å². The highest BCUT2D eigenvalue weighted by atomic mass is 16.5. The van der Waals surface area contributed by atoms with Crippen LogP contribution < -0.4 is 15.4 Å². The molecule has 0 spiro atoms. The maximum atomic E-state index is 5.93. The van der Waals surface area contributed by atoms with Crippen LogP contribution in [0.3, 0.4) is 0 Å². The smallest absolute Gasteiger partial charge is 0.213 e. The van der Waals surface area contributed by atoms with Crippen molar-refractivity contribution in [2.24, 2.45) is 16.8 Å². The van der Waals surface area contributed by atoms with E-state index in [1.165, 1.54) is 18.4 Å². The van der Waals surface area contributed by atoms with E-state index in [0.29, 0.717) is 24.5 Å². The number of ether oxygens (including phenoxy) is 1. The van der Waals surface area contributed by atoms with Gasteiger partial charge in [-0.2, -0.15) is 0 Å². The fourth-order valence-corrected chi connectivity index (χ4v) is 4.64. The Morgan fingerprint density at radius 3 is 2.70 bits per heavy atom. The molecule has 2 aromatic heterocycles. The van der Waals surface area contributed by atoms with Gasteiger partial charge in [0.25, 0.3) is 0 Å². The summed E-state index contributed by atoms with van der Waals surface area (Å²) in [5.74, 6) is 3.89. The SMILES string of the molecule is C1=CN=C2NCC(Cc3ccc(NCc4ccc(OC5CCCC5)nc4)nc3)[C@@H]2C1. The quantitative estimate of drug-likeness (QED) is 0.728. The van der Waals surface area contributed by atoms with Crippen LogP contribution in [0.4, 0.5) is 5.82 Å². The zero-order chi connectivity index (χ0) is 20.2. The van der Waals surface area contributed by atoms with Gasteiger partial charge in [0.1, 0.15) is 17.8 Å². The van der Waals surface area contributed by atoms with Crippen LogP contribution in [0, 0.1) is 11.8 Å². The molecule has 1 saturated heterocycles. The van der Waals surface area contributed by atoms with E-state index >= 15 is 0 Å². The van der Waals surface area contributed by atoms with Gasteiger partial charge in [-0.3, -0.25) is 0 Å². The Hall–Kier alpha value is -2.89. The number of rotatable bonds is 7. The second-order valence-corrected chi connectivity index (χ2v) is 8.52. The predicted molar refractivity (Wildman–Crippen MR) is 119 cm³/mol. The molecule has 0 aromatic carbocycles. The van der Waals surface area contributed by atoms with Crippen LogP contribution in [0.1, 0.15) is 43.2 Å². The number of hydrogen-bond acceptors (Lipinski definition) is 6. The number of allylic oxidation sites excluding steroid dienone is 1. The third-order valence-corrected chi connectivity index (χ3v) is 6.36. The lowest BCUT2D eigenvalue weighted by Crippen LogP contribution is -2.21. The Morgan fingerprint density at radius 2 is 1.90 bits per heavy atom. The van der Waals surface area contributed by atoms with Crippen molar-refractivity contribution in [1.29, 1.82) is 0 Å². The Balaban J connectivity index is 1.11. The van der Waals surface area contributed by atoms with E-state index in [0.717, 1.165) is 55.3 Å². The van der Waals surface area contributed by atoms with Gasteiger partial charge in [-0.15, -0.1) is 0 Å². The Morgan fingerprint density at radius 1 is 1.03 bits per heavy atom. The molecule has 1 unspecified atom stereocenters. The minimum Gasteiger partial charge on any atom is -0.474 e. The highest BCUT2D eigenvalue weighted by Crippen LogP contribution is 2.28. The average Bonchev–Trinajstić information content (AvgIpc) is 3.45. The number of aliphatic imine (C=N–C) groups is 1. The predicted octanol–water partition coefficient (Wildman–Crippen LogP) is 4.10. The van der Waals surface area contributed by atoms with Crippen LogP contribution in [0.2, 0.25) is 0 Å². The summed E-state index contributed by atoms with van der Waals surface area (Å²) < 4.78 is 5.93. The summed E-state index contributed by atoms with van der Waals surface area (Å²) >= 11 is 0. The first-order valence-corrected chi connectivity index (χ1v) is 11.1. The number of aromatic nitrogens is 2. The van der Waals surface area contributed by atoms with E-state index in [-0.39, 0.29) is 0 Å². The lowest BCUT2D eigenvalue weighted by Gasteiger charge is -2.18. The van der Waals surface area contributed by atoms with Crippen molar-refractivity contribution in [3.05, 3.63) is 60.1 Å². The van der Waals surface area contributed by atoms with Gasteiger partial charge in [0.15, 0.2) is 0 Å². The number of nitrogens with zero attached hydrogens (tertiary/aromatic N) is 3. The van der Waals surface area contributed by atoms with Crippen molar-refractivity contribution < 1.29 is 4.74 Å². The monoisotopic (exact) mass is 403 g/mol. The maximum Gasteiger partial charge on any atom is 0.213 e. The minimum atomic E-state index is 0.345. The second-order valence-electron chi connectivity index (χ2n) is 8.52. The third kappa shape index (κ3) is 4.48. The highest BCUT2D eigenvalue weighted by Gasteiger charge is 2.32. The fourth-order valence-electron chi connectivity index (χ4n) is 4.64. The molecule has 6 heteroatoms. The topological polar surface area (TPSA) is 71.4 Å². The summed E-state index contributed by atoms with van der Waals surface area (Å²) in [5.41, 5.74) is 2.40. The van der Waals surface area contributed by atoms with E-state index in [9.17, 15) is 0 Å². The van der Waals surface area contributed by atoms with Crippen LogP contribution in [0.25, 0.3) is 0 Å². The molecule has 30 heavy (non-hydrogen) atoms. The van der Waals surface area contributed by atoms with Gasteiger partial charge in [-0.1, -0.05) is 18.2 Å². The van der Waals surface area contributed by atoms with E-state index in [1.54, 1.807) is 0 Å². The summed E-state index contributed by atoms with van der Waals surface area (Å²) in [4.78, 5) is 13.5. The molecule has 6 nitrogen and oxygen atoms in total. The molecular weight excluding hydrogens is 374 g/mol. The Kier molecular flexibility index (Phi) is 5.64. The number of anilines is 1. The van der Waals surface area contributed by atoms with Gasteiger partial charge in [0.05, 0.1) is 0 Å². The molecule has 2 aliphatic heterocycles. The zero-order valence-electron chi connectivity index (χ0n) is 17.3. The van der Waals surface area contributed by atoms with Crippen molar-refractivity contribution >= 4 is 11.7 Å². The summed E-state index contributed by atoms with van der Waals surface area (Å²) in [6.07, 6.45) is 15.3. The summed E-state index contributed by atoms with van der Waals surface area (Å²) in [5, 5.41) is 6.84. The molecule has 2 aromatic rings. The standard InChI is InChI=1S/C24H29N5O/c1-2-5-20(4-1)30-23-10-8-18(15-28-23)14-27-22-9-7-17(13-26-22)12-19-16-29-24-21(19)6-3-11-25-24/h3,7-11,13,15,19-21H,1-2,4-6,12,14,16H2,(H,25,29)(H,26,27)/t19?,21-/m0/s1. The van der Waals surface area contributed by atoms with Crippen molar-refractivity contribution in [2.75, 3.05) is 11.9 Å². The number of hydrogen-bond donors (Lipinski definition) is 2. The van der Waals surface area contributed by atoms with Gasteiger partial charge >= 0.3 is 0 Å². The van der Waals surface area contributed by atoms with Gasteiger partial charge in [0.2, 0.25) is 5.88 Å². The summed E-state index contributed by atoms with van der Waals surface area (Å²) in [7, 11) is 0. The largest absolute Gasteiger partial charge is 0.474 e. The van der Waals surface area contributed by atoms with Crippen LogP contribution in [0.5, 0.6) is 5.88 Å². The molecule has 3 aliphatic rings. The zero-order valence-corrected chi connectivity index (χ0v) is 17.3.